The van der Waals surface area contributed by atoms with Crippen molar-refractivity contribution < 1.29 is 9.22 Å². The van der Waals surface area contributed by atoms with Crippen LogP contribution in [0.2, 0.25) is 18.1 Å². The molecule has 3 aliphatic rings. The van der Waals surface area contributed by atoms with Crippen LogP contribution in [0.15, 0.2) is 11.6 Å². The summed E-state index contributed by atoms with van der Waals surface area (Å²) in [6, 6.07) is 3.97. The number of rotatable bonds is 12. The van der Waals surface area contributed by atoms with Crippen molar-refractivity contribution in [3.8, 4) is 0 Å². The van der Waals surface area contributed by atoms with E-state index in [9.17, 15) is 4.79 Å². The summed E-state index contributed by atoms with van der Waals surface area (Å²) in [4.78, 5) is 13.8. The van der Waals surface area contributed by atoms with Crippen molar-refractivity contribution in [2.45, 2.75) is 150 Å². The summed E-state index contributed by atoms with van der Waals surface area (Å²) in [5.41, 5.74) is 2.00. The molecule has 3 aliphatic carbocycles. The Bertz CT molecular complexity index is 688. The monoisotopic (exact) mass is 488 g/mol. The Kier molecular flexibility index (Phi) is 9.74. The number of allylic oxidation sites excluding steroid dienone is 1. The number of carbonyl (C=O) groups is 1. The highest BCUT2D eigenvalue weighted by atomic mass is 28.4. The predicted octanol–water partition coefficient (Wildman–Crippen LogP) is 9.50. The van der Waals surface area contributed by atoms with Crippen LogP contribution in [0, 0.1) is 28.6 Å². The van der Waals surface area contributed by atoms with Crippen molar-refractivity contribution >= 4 is 14.1 Å². The molecule has 2 fully saturated rings. The van der Waals surface area contributed by atoms with E-state index in [0.29, 0.717) is 17.6 Å². The molecule has 0 N–H and O–H groups in total. The minimum Gasteiger partial charge on any atom is -0.413 e. The van der Waals surface area contributed by atoms with Crippen LogP contribution < -0.4 is 0 Å². The molecule has 0 saturated heterocycles. The summed E-state index contributed by atoms with van der Waals surface area (Å²) in [7, 11) is -1.82. The highest BCUT2D eigenvalue weighted by Gasteiger charge is 2.54. The van der Waals surface area contributed by atoms with Crippen molar-refractivity contribution in [3.05, 3.63) is 11.6 Å². The van der Waals surface area contributed by atoms with Crippen LogP contribution in [0.25, 0.3) is 0 Å². The van der Waals surface area contributed by atoms with Crippen molar-refractivity contribution in [2.24, 2.45) is 28.6 Å². The van der Waals surface area contributed by atoms with Gasteiger partial charge in [0.2, 0.25) is 0 Å². The van der Waals surface area contributed by atoms with Crippen LogP contribution in [0.5, 0.6) is 0 Å². The molecule has 0 bridgehead atoms. The molecule has 3 rings (SSSR count). The zero-order valence-corrected chi connectivity index (χ0v) is 24.8. The van der Waals surface area contributed by atoms with Crippen LogP contribution in [0.1, 0.15) is 126 Å². The molecule has 0 radical (unpaired) electrons. The lowest BCUT2D eigenvalue weighted by atomic mass is 9.52. The van der Waals surface area contributed by atoms with E-state index in [2.05, 4.69) is 54.5 Å². The number of hydrogen-bond donors (Lipinski definition) is 0. The molecule has 34 heavy (non-hydrogen) atoms. The topological polar surface area (TPSA) is 26.3 Å². The SMILES string of the molecule is CCCC[Si](CCCC)(CCCC)O[C@H]1CCC(C)(C)C2=CC[C@H]3C[C@@](C)(CC)CC(=O)[C@@H]3[C@H]21. The number of carbonyl (C=O) groups excluding carboxylic acids is 1. The van der Waals surface area contributed by atoms with Gasteiger partial charge in [-0.1, -0.05) is 105 Å². The van der Waals surface area contributed by atoms with E-state index >= 15 is 0 Å². The standard InChI is InChI=1S/C31H56O2Si/c1-8-12-19-34(20-13-9-2,21-14-10-3)33-27-17-18-30(5,6)25-16-15-24-22-31(7,11-4)23-26(32)28(24)29(25)27/h16,24,27-29H,8-15,17-23H2,1-7H3/t24-,27-,28+,29+,31+/m0/s1. The third-order valence-electron chi connectivity index (χ3n) is 10.1. The van der Waals surface area contributed by atoms with Gasteiger partial charge in [0.05, 0.1) is 6.10 Å². The first-order chi connectivity index (χ1) is 16.1. The fraction of sp³-hybridized carbons (Fsp3) is 0.903. The van der Waals surface area contributed by atoms with Crippen molar-refractivity contribution in [1.82, 2.24) is 0 Å². The van der Waals surface area contributed by atoms with Crippen molar-refractivity contribution in [3.63, 3.8) is 0 Å². The van der Waals surface area contributed by atoms with Gasteiger partial charge in [0, 0.05) is 18.3 Å². The Hall–Kier alpha value is -0.413. The Morgan fingerprint density at radius 2 is 1.53 bits per heavy atom. The van der Waals surface area contributed by atoms with Gasteiger partial charge in [0.25, 0.3) is 0 Å². The lowest BCUT2D eigenvalue weighted by Crippen LogP contribution is -2.54. The molecular formula is C31H56O2Si. The number of fused-ring (bicyclic) bond motifs is 3. The first kappa shape index (κ1) is 28.2. The fourth-order valence-corrected chi connectivity index (χ4v) is 12.7. The molecule has 3 heteroatoms. The average Bonchev–Trinajstić information content (AvgIpc) is 2.81. The van der Waals surface area contributed by atoms with E-state index in [1.165, 1.54) is 69.5 Å². The van der Waals surface area contributed by atoms with E-state index in [1.54, 1.807) is 5.57 Å². The van der Waals surface area contributed by atoms with Crippen LogP contribution in [0.3, 0.4) is 0 Å². The molecule has 0 aromatic carbocycles. The van der Waals surface area contributed by atoms with Gasteiger partial charge in [-0.15, -0.1) is 0 Å². The maximum Gasteiger partial charge on any atom is 0.193 e. The molecule has 0 aliphatic heterocycles. The van der Waals surface area contributed by atoms with E-state index < -0.39 is 8.32 Å². The van der Waals surface area contributed by atoms with Gasteiger partial charge in [0.1, 0.15) is 5.78 Å². The molecule has 0 aromatic rings. The summed E-state index contributed by atoms with van der Waals surface area (Å²) >= 11 is 0. The third-order valence-corrected chi connectivity index (χ3v) is 14.7. The lowest BCUT2D eigenvalue weighted by Gasteiger charge is -2.55. The Morgan fingerprint density at radius 1 is 0.941 bits per heavy atom. The summed E-state index contributed by atoms with van der Waals surface area (Å²) < 4.78 is 7.57. The predicted molar refractivity (Wildman–Crippen MR) is 149 cm³/mol. The highest BCUT2D eigenvalue weighted by Crippen LogP contribution is 2.57. The summed E-state index contributed by atoms with van der Waals surface area (Å²) in [6.45, 7) is 16.5. The van der Waals surface area contributed by atoms with Crippen molar-refractivity contribution in [1.29, 1.82) is 0 Å². The van der Waals surface area contributed by atoms with Gasteiger partial charge in [0.15, 0.2) is 8.32 Å². The number of Topliss-reactive ketones (excluding diaryl/α,β-unsaturated/α-hetero) is 1. The first-order valence-electron chi connectivity index (χ1n) is 15.0. The molecule has 196 valence electrons. The quantitative estimate of drug-likeness (QED) is 0.202. The van der Waals surface area contributed by atoms with Crippen LogP contribution in [-0.2, 0) is 9.22 Å². The van der Waals surface area contributed by atoms with E-state index in [-0.39, 0.29) is 22.9 Å². The number of ketones is 1. The van der Waals surface area contributed by atoms with Gasteiger partial charge in [-0.3, -0.25) is 4.79 Å². The summed E-state index contributed by atoms with van der Waals surface area (Å²) in [6.07, 6.45) is 17.2. The van der Waals surface area contributed by atoms with Gasteiger partial charge in [-0.05, 0) is 60.6 Å². The minimum atomic E-state index is -1.82. The van der Waals surface area contributed by atoms with E-state index in [1.807, 2.05) is 0 Å². The Morgan fingerprint density at radius 3 is 2.06 bits per heavy atom. The van der Waals surface area contributed by atoms with Gasteiger partial charge < -0.3 is 4.43 Å². The molecule has 2 saturated carbocycles. The van der Waals surface area contributed by atoms with E-state index in [0.717, 1.165) is 25.7 Å². The second kappa shape index (κ2) is 11.8. The lowest BCUT2D eigenvalue weighted by molar-refractivity contribution is -0.137. The molecule has 0 spiro atoms. The first-order valence-corrected chi connectivity index (χ1v) is 17.6. The summed E-state index contributed by atoms with van der Waals surface area (Å²) in [5.74, 6) is 1.64. The summed E-state index contributed by atoms with van der Waals surface area (Å²) in [5, 5.41) is 0. The third kappa shape index (κ3) is 6.10. The molecule has 0 amide bonds. The molecule has 0 aromatic heterocycles. The highest BCUT2D eigenvalue weighted by molar-refractivity contribution is 6.73. The Balaban J connectivity index is 1.95. The molecule has 2 nitrogen and oxygen atoms in total. The minimum absolute atomic E-state index is 0.200. The molecular weight excluding hydrogens is 432 g/mol. The van der Waals surface area contributed by atoms with Crippen LogP contribution in [0.4, 0.5) is 0 Å². The van der Waals surface area contributed by atoms with Crippen LogP contribution >= 0.6 is 0 Å². The normalized spacial score (nSPS) is 33.3. The zero-order chi connectivity index (χ0) is 25.0. The zero-order valence-electron chi connectivity index (χ0n) is 23.8. The average molecular weight is 489 g/mol. The molecule has 5 atom stereocenters. The molecule has 0 heterocycles. The second-order valence-corrected chi connectivity index (χ2v) is 17.4. The second-order valence-electron chi connectivity index (χ2n) is 13.3. The molecule has 0 unspecified atom stereocenters. The smallest absolute Gasteiger partial charge is 0.193 e. The van der Waals surface area contributed by atoms with Gasteiger partial charge >= 0.3 is 0 Å². The number of unbranched alkanes of at least 4 members (excludes halogenated alkanes) is 3. The maximum atomic E-state index is 13.8. The van der Waals surface area contributed by atoms with E-state index in [4.69, 9.17) is 4.43 Å². The maximum absolute atomic E-state index is 13.8. The largest absolute Gasteiger partial charge is 0.413 e. The fourth-order valence-electron chi connectivity index (χ4n) is 7.72. The van der Waals surface area contributed by atoms with Gasteiger partial charge in [-0.25, -0.2) is 0 Å². The van der Waals surface area contributed by atoms with Crippen molar-refractivity contribution in [2.75, 3.05) is 0 Å². The van der Waals surface area contributed by atoms with Crippen LogP contribution in [-0.4, -0.2) is 20.2 Å². The van der Waals surface area contributed by atoms with Gasteiger partial charge in [-0.2, -0.15) is 0 Å². The number of hydrogen-bond acceptors (Lipinski definition) is 2. The Labute approximate surface area is 213 Å².